The van der Waals surface area contributed by atoms with Crippen LogP contribution in [-0.2, 0) is 26.4 Å². The Hall–Kier alpha value is -1.61. The van der Waals surface area contributed by atoms with Crippen molar-refractivity contribution in [3.05, 3.63) is 0 Å². The molecule has 0 saturated carbocycles. The number of carbonyl (C=O) groups is 2. The summed E-state index contributed by atoms with van der Waals surface area (Å²) in [5.74, 6) is -1.23. The minimum atomic E-state index is -1.10. The number of carboxylic acid groups (broad SMARTS) is 2. The zero-order valence-corrected chi connectivity index (χ0v) is 18.6. The Morgan fingerprint density at radius 1 is 0.704 bits per heavy atom. The second-order valence-electron chi connectivity index (χ2n) is 7.03. The van der Waals surface area contributed by atoms with Gasteiger partial charge >= 0.3 is 16.8 Å². The van der Waals surface area contributed by atoms with Crippen molar-refractivity contribution in [1.82, 2.24) is 10.6 Å². The molecule has 0 aliphatic carbocycles. The van der Waals surface area contributed by atoms with Gasteiger partial charge < -0.3 is 30.4 Å². The van der Waals surface area contributed by atoms with E-state index in [9.17, 15) is 19.8 Å². The van der Waals surface area contributed by atoms with Crippen LogP contribution in [0, 0.1) is 0 Å². The van der Waals surface area contributed by atoms with Crippen molar-refractivity contribution in [2.75, 3.05) is 0 Å². The van der Waals surface area contributed by atoms with Crippen LogP contribution in [0.1, 0.15) is 68.2 Å². The van der Waals surface area contributed by atoms with E-state index < -0.39 is 11.9 Å². The van der Waals surface area contributed by atoms with Crippen molar-refractivity contribution < 1.29 is 36.6 Å². The van der Waals surface area contributed by atoms with Crippen LogP contribution in [-0.4, -0.2) is 47.8 Å². The molecule has 0 aromatic carbocycles. The zero-order chi connectivity index (χ0) is 20.9. The first kappa shape index (κ1) is 30.1. The fraction of sp³-hybridized carbons (Fsp3) is 0.778. The summed E-state index contributed by atoms with van der Waals surface area (Å²) in [6.07, 6.45) is -0.285. The van der Waals surface area contributed by atoms with Crippen molar-refractivity contribution in [1.29, 1.82) is 0 Å². The molecule has 0 aromatic rings. The van der Waals surface area contributed by atoms with Crippen molar-refractivity contribution in [3.8, 4) is 0 Å². The van der Waals surface area contributed by atoms with Gasteiger partial charge in [-0.15, -0.1) is 0 Å². The zero-order valence-electron chi connectivity index (χ0n) is 17.6. The number of nitrogens with zero attached hydrogens (tertiary/aromatic N) is 2. The second-order valence-corrected chi connectivity index (χ2v) is 7.03. The van der Waals surface area contributed by atoms with Gasteiger partial charge in [0.15, 0.2) is 0 Å². The van der Waals surface area contributed by atoms with Gasteiger partial charge in [-0.3, -0.25) is 9.98 Å². The van der Waals surface area contributed by atoms with E-state index in [0.29, 0.717) is 11.7 Å². The van der Waals surface area contributed by atoms with E-state index in [1.807, 2.05) is 55.4 Å². The van der Waals surface area contributed by atoms with Gasteiger partial charge in [-0.1, -0.05) is 0 Å². The molecule has 0 amide bonds. The van der Waals surface area contributed by atoms with Gasteiger partial charge in [-0.05, 0) is 55.4 Å². The number of aliphatic imine (C=N–C) groups is 2. The topological polar surface area (TPSA) is 129 Å². The van der Waals surface area contributed by atoms with Crippen molar-refractivity contribution >= 4 is 23.6 Å². The number of nitrogens with one attached hydrogen (secondary N) is 2. The number of rotatable bonds is 8. The fourth-order valence-corrected chi connectivity index (χ4v) is 1.83. The SMILES string of the molecule is CC(C)N=C(CC(=O)[O-])NC(C)C.CC(C)N=C(CC(=O)[O-])NC(C)C.[Co+2]. The standard InChI is InChI=1S/2C9H18N2O2.Co/c2*1-6(2)10-8(5-9(12)13)11-7(3)4;/h2*6-7H,5H2,1-4H3,(H,10,11)(H,12,13);/q;;+2/p-2. The molecule has 0 rings (SSSR count). The molecule has 2 N–H and O–H groups in total. The molecule has 0 heterocycles. The number of amidine groups is 2. The maximum Gasteiger partial charge on any atom is 2.00 e. The molecular formula is C18H34CoN4O4. The van der Waals surface area contributed by atoms with Gasteiger partial charge in [-0.2, -0.15) is 0 Å². The Bertz CT molecular complexity index is 446. The molecule has 159 valence electrons. The summed E-state index contributed by atoms with van der Waals surface area (Å²) in [5, 5.41) is 26.6. The molecule has 0 fully saturated rings. The number of hydrogen-bond acceptors (Lipinski definition) is 6. The van der Waals surface area contributed by atoms with Crippen LogP contribution in [0.4, 0.5) is 0 Å². The van der Waals surface area contributed by atoms with E-state index in [1.54, 1.807) is 0 Å². The van der Waals surface area contributed by atoms with Crippen molar-refractivity contribution in [3.63, 3.8) is 0 Å². The average Bonchev–Trinajstić information content (AvgIpc) is 2.33. The summed E-state index contributed by atoms with van der Waals surface area (Å²) in [6, 6.07) is 0.579. The Kier molecular flexibility index (Phi) is 18.5. The molecule has 0 bridgehead atoms. The maximum absolute atomic E-state index is 10.3. The Morgan fingerprint density at radius 2 is 0.963 bits per heavy atom. The monoisotopic (exact) mass is 429 g/mol. The summed E-state index contributed by atoms with van der Waals surface area (Å²) in [5.41, 5.74) is 0. The number of aliphatic carboxylic acids is 2. The summed E-state index contributed by atoms with van der Waals surface area (Å²) in [4.78, 5) is 29.0. The van der Waals surface area contributed by atoms with Crippen molar-refractivity contribution in [2.24, 2.45) is 9.98 Å². The largest absolute Gasteiger partial charge is 2.00 e. The number of carbonyl (C=O) groups excluding carboxylic acids is 2. The first-order valence-corrected chi connectivity index (χ1v) is 8.89. The molecule has 0 aliphatic heterocycles. The molecule has 8 nitrogen and oxygen atoms in total. The van der Waals surface area contributed by atoms with Gasteiger partial charge in [0.05, 0.1) is 0 Å². The predicted molar refractivity (Wildman–Crippen MR) is 101 cm³/mol. The first-order valence-electron chi connectivity index (χ1n) is 8.89. The maximum atomic E-state index is 10.3. The molecule has 9 heteroatoms. The van der Waals surface area contributed by atoms with E-state index in [0.717, 1.165) is 0 Å². The molecule has 0 saturated heterocycles. The molecule has 0 aliphatic rings. The van der Waals surface area contributed by atoms with E-state index in [-0.39, 0.29) is 53.8 Å². The molecule has 0 atom stereocenters. The van der Waals surface area contributed by atoms with Crippen LogP contribution < -0.4 is 20.8 Å². The summed E-state index contributed by atoms with van der Waals surface area (Å²) < 4.78 is 0. The Morgan fingerprint density at radius 3 is 1.11 bits per heavy atom. The summed E-state index contributed by atoms with van der Waals surface area (Å²) in [7, 11) is 0. The van der Waals surface area contributed by atoms with E-state index in [1.165, 1.54) is 0 Å². The van der Waals surface area contributed by atoms with E-state index >= 15 is 0 Å². The number of hydrogen-bond donors (Lipinski definition) is 2. The Labute approximate surface area is 173 Å². The van der Waals surface area contributed by atoms with Gasteiger partial charge in [0.1, 0.15) is 11.7 Å². The predicted octanol–water partition coefficient (Wildman–Crippen LogP) is -0.140. The fourth-order valence-electron chi connectivity index (χ4n) is 1.83. The van der Waals surface area contributed by atoms with Crippen LogP contribution in [0.25, 0.3) is 0 Å². The van der Waals surface area contributed by atoms with Gasteiger partial charge in [-0.25, -0.2) is 0 Å². The van der Waals surface area contributed by atoms with E-state index in [2.05, 4.69) is 20.6 Å². The summed E-state index contributed by atoms with van der Waals surface area (Å²) >= 11 is 0. The third kappa shape index (κ3) is 24.4. The third-order valence-electron chi connectivity index (χ3n) is 2.36. The molecule has 0 unspecified atom stereocenters. The smallest absolute Gasteiger partial charge is 0.550 e. The summed E-state index contributed by atoms with van der Waals surface area (Å²) in [6.45, 7) is 15.3. The second kappa shape index (κ2) is 16.6. The first-order chi connectivity index (χ1) is 11.8. The van der Waals surface area contributed by atoms with Crippen molar-refractivity contribution in [2.45, 2.75) is 92.4 Å². The van der Waals surface area contributed by atoms with Gasteiger partial charge in [0.25, 0.3) is 0 Å². The quantitative estimate of drug-likeness (QED) is 0.408. The van der Waals surface area contributed by atoms with Crippen LogP contribution in [0.2, 0.25) is 0 Å². The van der Waals surface area contributed by atoms with Gasteiger partial charge in [0.2, 0.25) is 0 Å². The van der Waals surface area contributed by atoms with Crippen LogP contribution >= 0.6 is 0 Å². The van der Waals surface area contributed by atoms with E-state index in [4.69, 9.17) is 0 Å². The minimum absolute atomic E-state index is 0. The van der Waals surface area contributed by atoms with Crippen LogP contribution in [0.15, 0.2) is 9.98 Å². The molecule has 0 aromatic heterocycles. The Balaban J connectivity index is -0.000000411. The normalized spacial score (nSPS) is 11.9. The minimum Gasteiger partial charge on any atom is -0.550 e. The third-order valence-corrected chi connectivity index (χ3v) is 2.36. The van der Waals surface area contributed by atoms with Crippen LogP contribution in [0.3, 0.4) is 0 Å². The number of carboxylic acids is 2. The van der Waals surface area contributed by atoms with Crippen LogP contribution in [0.5, 0.6) is 0 Å². The molecule has 27 heavy (non-hydrogen) atoms. The average molecular weight is 429 g/mol. The molecule has 0 spiro atoms. The molecule has 1 radical (unpaired) electrons. The molecular weight excluding hydrogens is 395 g/mol. The van der Waals surface area contributed by atoms with Gasteiger partial charge in [0, 0.05) is 48.9 Å².